The number of anilines is 1. The van der Waals surface area contributed by atoms with Crippen molar-refractivity contribution in [2.24, 2.45) is 0 Å². The van der Waals surface area contributed by atoms with Crippen molar-refractivity contribution in [2.45, 2.75) is 23.8 Å². The van der Waals surface area contributed by atoms with Crippen molar-refractivity contribution in [1.82, 2.24) is 15.1 Å². The van der Waals surface area contributed by atoms with Gasteiger partial charge in [-0.2, -0.15) is 0 Å². The van der Waals surface area contributed by atoms with Crippen LogP contribution in [0, 0.1) is 0 Å². The second-order valence-electron chi connectivity index (χ2n) is 7.28. The van der Waals surface area contributed by atoms with Crippen molar-refractivity contribution in [3.63, 3.8) is 0 Å². The highest BCUT2D eigenvalue weighted by Crippen LogP contribution is 2.32. The summed E-state index contributed by atoms with van der Waals surface area (Å²) in [6.07, 6.45) is 0.366. The van der Waals surface area contributed by atoms with E-state index >= 15 is 0 Å². The number of nitrogens with zero attached hydrogens (tertiary/aromatic N) is 2. The molecule has 0 aliphatic carbocycles. The van der Waals surface area contributed by atoms with Crippen molar-refractivity contribution in [1.29, 1.82) is 0 Å². The fourth-order valence-electron chi connectivity index (χ4n) is 3.27. The Morgan fingerprint density at radius 2 is 1.71 bits per heavy atom. The number of carbonyl (C=O) groups is 4. The van der Waals surface area contributed by atoms with Crippen LogP contribution in [0.2, 0.25) is 0 Å². The van der Waals surface area contributed by atoms with Gasteiger partial charge in [0, 0.05) is 24.7 Å². The summed E-state index contributed by atoms with van der Waals surface area (Å²) in [6.45, 7) is 1.42. The van der Waals surface area contributed by atoms with Gasteiger partial charge in [-0.05, 0) is 48.0 Å². The fourth-order valence-corrected chi connectivity index (χ4v) is 3.93. The van der Waals surface area contributed by atoms with Crippen LogP contribution in [-0.2, 0) is 15.1 Å². The van der Waals surface area contributed by atoms with Gasteiger partial charge in [0.1, 0.15) is 12.1 Å². The van der Waals surface area contributed by atoms with E-state index in [1.165, 1.54) is 4.90 Å². The molecule has 0 bridgehead atoms. The average molecular weight is 441 g/mol. The third-order valence-electron chi connectivity index (χ3n) is 4.98. The molecule has 0 radical (unpaired) electrons. The molecule has 2 N–H and O–H groups in total. The number of rotatable bonds is 6. The van der Waals surface area contributed by atoms with E-state index in [1.807, 2.05) is 13.0 Å². The lowest BCUT2D eigenvalue weighted by molar-refractivity contribution is -0.134. The molecule has 2 aromatic rings. The number of urea groups is 1. The molecule has 2 aromatic carbocycles. The summed E-state index contributed by atoms with van der Waals surface area (Å²) in [7, 11) is 3.34. The van der Waals surface area contributed by atoms with Gasteiger partial charge in [0.2, 0.25) is 5.91 Å². The molecular formula is C22H24N4O4S. The first-order valence-electron chi connectivity index (χ1n) is 9.75. The first-order chi connectivity index (χ1) is 14.8. The molecule has 1 aliphatic rings. The van der Waals surface area contributed by atoms with Crippen molar-refractivity contribution >= 4 is 40.5 Å². The molecule has 3 rings (SSSR count). The summed E-state index contributed by atoms with van der Waals surface area (Å²) in [4.78, 5) is 53.0. The van der Waals surface area contributed by atoms with Crippen molar-refractivity contribution in [2.75, 3.05) is 26.0 Å². The Bertz CT molecular complexity index is 994. The molecular weight excluding hydrogens is 416 g/mol. The van der Waals surface area contributed by atoms with Crippen LogP contribution in [-0.4, -0.2) is 53.5 Å². The maximum absolute atomic E-state index is 13.1. The molecule has 5 amide bonds. The van der Waals surface area contributed by atoms with E-state index in [4.69, 9.17) is 0 Å². The number of imide groups is 1. The summed E-state index contributed by atoms with van der Waals surface area (Å²) in [5, 5.41) is 5.33. The van der Waals surface area contributed by atoms with Gasteiger partial charge < -0.3 is 15.5 Å². The monoisotopic (exact) mass is 440 g/mol. The zero-order valence-corrected chi connectivity index (χ0v) is 18.4. The Morgan fingerprint density at radius 1 is 1.06 bits per heavy atom. The first-order valence-corrected chi connectivity index (χ1v) is 10.6. The fraction of sp³-hybridized carbons (Fsp3) is 0.273. The first kappa shape index (κ1) is 22.4. The highest BCUT2D eigenvalue weighted by Gasteiger charge is 2.51. The van der Waals surface area contributed by atoms with Gasteiger partial charge in [0.05, 0.1) is 0 Å². The van der Waals surface area contributed by atoms with Gasteiger partial charge in [-0.25, -0.2) is 4.79 Å². The number of benzene rings is 2. The van der Waals surface area contributed by atoms with Gasteiger partial charge in [-0.1, -0.05) is 37.3 Å². The third kappa shape index (κ3) is 4.72. The maximum Gasteiger partial charge on any atom is 0.325 e. The molecule has 0 spiro atoms. The van der Waals surface area contributed by atoms with Crippen LogP contribution < -0.4 is 10.6 Å². The number of carbonyl (C=O) groups excluding carboxylic acids is 4. The molecule has 31 heavy (non-hydrogen) atoms. The summed E-state index contributed by atoms with van der Waals surface area (Å²) >= 11 is 1.07. The molecule has 9 heteroatoms. The van der Waals surface area contributed by atoms with Crippen molar-refractivity contribution < 1.29 is 19.2 Å². The van der Waals surface area contributed by atoms with Crippen LogP contribution in [0.1, 0.15) is 18.9 Å². The minimum Gasteiger partial charge on any atom is -0.339 e. The van der Waals surface area contributed by atoms with Crippen LogP contribution in [0.3, 0.4) is 0 Å². The van der Waals surface area contributed by atoms with E-state index in [0.717, 1.165) is 21.6 Å². The van der Waals surface area contributed by atoms with Gasteiger partial charge in [-0.3, -0.25) is 19.3 Å². The highest BCUT2D eigenvalue weighted by atomic mass is 32.2. The molecule has 1 heterocycles. The minimum absolute atomic E-state index is 0.104. The maximum atomic E-state index is 13.1. The summed E-state index contributed by atoms with van der Waals surface area (Å²) in [5.41, 5.74) is 0.0128. The number of amides is 5. The van der Waals surface area contributed by atoms with Crippen LogP contribution in [0.5, 0.6) is 0 Å². The molecule has 0 aromatic heterocycles. The van der Waals surface area contributed by atoms with E-state index in [0.29, 0.717) is 17.7 Å². The second kappa shape index (κ2) is 9.22. The van der Waals surface area contributed by atoms with E-state index in [1.54, 1.807) is 62.6 Å². The SMILES string of the molecule is CCC1(c2ccccc2)NC(=O)N(CC(=O)Nc2ccc(SC(=O)N(C)C)cc2)C1=O. The number of thioether (sulfide) groups is 1. The summed E-state index contributed by atoms with van der Waals surface area (Å²) in [5.74, 6) is -0.941. The van der Waals surface area contributed by atoms with Crippen molar-refractivity contribution in [3.8, 4) is 0 Å². The quantitative estimate of drug-likeness (QED) is 0.531. The molecule has 0 saturated carbocycles. The minimum atomic E-state index is -1.17. The van der Waals surface area contributed by atoms with E-state index in [-0.39, 0.29) is 5.24 Å². The molecule has 1 aliphatic heterocycles. The Morgan fingerprint density at radius 3 is 2.29 bits per heavy atom. The normalized spacial score (nSPS) is 18.0. The lowest BCUT2D eigenvalue weighted by Gasteiger charge is -2.25. The van der Waals surface area contributed by atoms with E-state index < -0.39 is 29.9 Å². The zero-order chi connectivity index (χ0) is 22.6. The van der Waals surface area contributed by atoms with Crippen LogP contribution in [0.15, 0.2) is 59.5 Å². The van der Waals surface area contributed by atoms with Crippen LogP contribution >= 0.6 is 11.8 Å². The zero-order valence-electron chi connectivity index (χ0n) is 17.5. The van der Waals surface area contributed by atoms with Crippen LogP contribution in [0.4, 0.5) is 15.3 Å². The second-order valence-corrected chi connectivity index (χ2v) is 8.31. The van der Waals surface area contributed by atoms with Crippen molar-refractivity contribution in [3.05, 3.63) is 60.2 Å². The number of hydrogen-bond acceptors (Lipinski definition) is 5. The molecule has 1 unspecified atom stereocenters. The Balaban J connectivity index is 1.66. The highest BCUT2D eigenvalue weighted by molar-refractivity contribution is 8.13. The standard InChI is InChI=1S/C22H24N4O4S/c1-4-22(15-8-6-5-7-9-15)19(28)26(20(29)24-22)14-18(27)23-16-10-12-17(13-11-16)31-21(30)25(2)3/h5-13H,4,14H2,1-3H3,(H,23,27)(H,24,29). The molecule has 8 nitrogen and oxygen atoms in total. The van der Waals surface area contributed by atoms with Gasteiger partial charge in [0.25, 0.3) is 11.1 Å². The van der Waals surface area contributed by atoms with Gasteiger partial charge in [0.15, 0.2) is 0 Å². The van der Waals surface area contributed by atoms with E-state index in [2.05, 4.69) is 10.6 Å². The summed E-state index contributed by atoms with van der Waals surface area (Å²) < 4.78 is 0. The molecule has 1 fully saturated rings. The molecule has 1 saturated heterocycles. The van der Waals surface area contributed by atoms with Crippen LogP contribution in [0.25, 0.3) is 0 Å². The van der Waals surface area contributed by atoms with Gasteiger partial charge in [-0.15, -0.1) is 0 Å². The molecule has 1 atom stereocenters. The smallest absolute Gasteiger partial charge is 0.325 e. The third-order valence-corrected chi connectivity index (χ3v) is 6.03. The lowest BCUT2D eigenvalue weighted by atomic mass is 9.87. The number of hydrogen-bond donors (Lipinski definition) is 2. The summed E-state index contributed by atoms with van der Waals surface area (Å²) in [6, 6.07) is 15.2. The largest absolute Gasteiger partial charge is 0.339 e. The predicted octanol–water partition coefficient (Wildman–Crippen LogP) is 3.26. The Kier molecular flexibility index (Phi) is 6.65. The molecule has 162 valence electrons. The Hall–Kier alpha value is -3.33. The topological polar surface area (TPSA) is 98.8 Å². The van der Waals surface area contributed by atoms with Gasteiger partial charge >= 0.3 is 6.03 Å². The van der Waals surface area contributed by atoms with E-state index in [9.17, 15) is 19.2 Å². The predicted molar refractivity (Wildman–Crippen MR) is 119 cm³/mol. The lowest BCUT2D eigenvalue weighted by Crippen LogP contribution is -2.44. The average Bonchev–Trinajstić information content (AvgIpc) is 3.00. The Labute approximate surface area is 185 Å². The number of nitrogens with one attached hydrogen (secondary N) is 2.